The molecule has 0 saturated carbocycles. The van der Waals surface area contributed by atoms with Crippen LogP contribution in [0.25, 0.3) is 0 Å². The highest BCUT2D eigenvalue weighted by molar-refractivity contribution is 4.85. The Bertz CT molecular complexity index is 224. The van der Waals surface area contributed by atoms with Crippen molar-refractivity contribution in [1.82, 2.24) is 4.90 Å². The van der Waals surface area contributed by atoms with Gasteiger partial charge in [0.25, 0.3) is 0 Å². The third kappa shape index (κ3) is 3.67. The van der Waals surface area contributed by atoms with Crippen LogP contribution in [0.2, 0.25) is 0 Å². The highest BCUT2D eigenvalue weighted by Crippen LogP contribution is 2.25. The van der Waals surface area contributed by atoms with E-state index in [0.29, 0.717) is 12.0 Å². The van der Waals surface area contributed by atoms with Gasteiger partial charge in [0.1, 0.15) is 0 Å². The van der Waals surface area contributed by atoms with Gasteiger partial charge in [-0.25, -0.2) is 0 Å². The molecule has 2 fully saturated rings. The van der Waals surface area contributed by atoms with Crippen molar-refractivity contribution >= 4 is 0 Å². The van der Waals surface area contributed by atoms with Crippen LogP contribution in [-0.4, -0.2) is 57.5 Å². The molecule has 2 aliphatic rings. The summed E-state index contributed by atoms with van der Waals surface area (Å²) in [6.45, 7) is 5.86. The van der Waals surface area contributed by atoms with E-state index in [1.54, 1.807) is 7.11 Å². The Kier molecular flexibility index (Phi) is 5.89. The van der Waals surface area contributed by atoms with Crippen molar-refractivity contribution in [3.05, 3.63) is 0 Å². The van der Waals surface area contributed by atoms with E-state index in [1.165, 1.54) is 38.8 Å². The van der Waals surface area contributed by atoms with Gasteiger partial charge in [0.2, 0.25) is 0 Å². The molecule has 2 rings (SSSR count). The molecular weight excluding hydrogens is 228 g/mol. The molecule has 0 aliphatic carbocycles. The van der Waals surface area contributed by atoms with Crippen molar-refractivity contribution in [3.8, 4) is 0 Å². The zero-order valence-corrected chi connectivity index (χ0v) is 11.6. The molecule has 0 aromatic rings. The first kappa shape index (κ1) is 14.3. The predicted molar refractivity (Wildman–Crippen MR) is 72.6 cm³/mol. The lowest BCUT2D eigenvalue weighted by molar-refractivity contribution is -0.00226. The molecule has 0 aromatic heterocycles. The van der Waals surface area contributed by atoms with Crippen molar-refractivity contribution in [1.29, 1.82) is 0 Å². The lowest BCUT2D eigenvalue weighted by atomic mass is 9.89. The zero-order valence-electron chi connectivity index (χ0n) is 11.6. The molecule has 0 radical (unpaired) electrons. The third-order valence-corrected chi connectivity index (χ3v) is 4.50. The van der Waals surface area contributed by atoms with Crippen LogP contribution in [0, 0.1) is 11.8 Å². The van der Waals surface area contributed by atoms with Gasteiger partial charge in [-0.1, -0.05) is 0 Å². The molecule has 0 bridgehead atoms. The van der Waals surface area contributed by atoms with Gasteiger partial charge in [0.15, 0.2) is 0 Å². The first-order valence-electron chi connectivity index (χ1n) is 7.36. The van der Waals surface area contributed by atoms with E-state index in [4.69, 9.17) is 15.2 Å². The minimum atomic E-state index is 0.522. The second-order valence-corrected chi connectivity index (χ2v) is 5.71. The summed E-state index contributed by atoms with van der Waals surface area (Å²) in [5.74, 6) is 1.38. The number of hydrogen-bond donors (Lipinski definition) is 1. The lowest BCUT2D eigenvalue weighted by Gasteiger charge is -2.41. The molecule has 18 heavy (non-hydrogen) atoms. The molecule has 4 nitrogen and oxygen atoms in total. The Morgan fingerprint density at radius 2 is 2.11 bits per heavy atom. The van der Waals surface area contributed by atoms with Gasteiger partial charge >= 0.3 is 0 Å². The van der Waals surface area contributed by atoms with Crippen molar-refractivity contribution < 1.29 is 9.47 Å². The fourth-order valence-electron chi connectivity index (χ4n) is 3.40. The summed E-state index contributed by atoms with van der Waals surface area (Å²) >= 11 is 0. The first-order valence-corrected chi connectivity index (χ1v) is 7.36. The third-order valence-electron chi connectivity index (χ3n) is 4.50. The Morgan fingerprint density at radius 3 is 2.67 bits per heavy atom. The second kappa shape index (κ2) is 7.43. The number of methoxy groups -OCH3 is 1. The molecule has 4 heteroatoms. The van der Waals surface area contributed by atoms with E-state index in [1.807, 2.05) is 0 Å². The van der Waals surface area contributed by atoms with Crippen LogP contribution < -0.4 is 5.73 Å². The Morgan fingerprint density at radius 1 is 1.33 bits per heavy atom. The summed E-state index contributed by atoms with van der Waals surface area (Å²) < 4.78 is 10.9. The average molecular weight is 256 g/mol. The molecule has 0 spiro atoms. The quantitative estimate of drug-likeness (QED) is 0.800. The van der Waals surface area contributed by atoms with E-state index in [0.717, 1.165) is 32.3 Å². The van der Waals surface area contributed by atoms with Gasteiger partial charge < -0.3 is 15.2 Å². The topological polar surface area (TPSA) is 47.7 Å². The number of rotatable bonds is 5. The summed E-state index contributed by atoms with van der Waals surface area (Å²) in [6.07, 6.45) is 4.97. The van der Waals surface area contributed by atoms with Crippen LogP contribution in [-0.2, 0) is 9.47 Å². The number of nitrogens with zero attached hydrogens (tertiary/aromatic N) is 1. The average Bonchev–Trinajstić information content (AvgIpc) is 2.43. The highest BCUT2D eigenvalue weighted by atomic mass is 16.5. The van der Waals surface area contributed by atoms with E-state index in [9.17, 15) is 0 Å². The first-order chi connectivity index (χ1) is 8.85. The van der Waals surface area contributed by atoms with Gasteiger partial charge in [0, 0.05) is 32.9 Å². The maximum Gasteiger partial charge on any atom is 0.0509 e. The largest absolute Gasteiger partial charge is 0.384 e. The van der Waals surface area contributed by atoms with E-state index in [2.05, 4.69) is 4.90 Å². The smallest absolute Gasteiger partial charge is 0.0509 e. The Labute approximate surface area is 111 Å². The van der Waals surface area contributed by atoms with E-state index < -0.39 is 0 Å². The van der Waals surface area contributed by atoms with E-state index >= 15 is 0 Å². The van der Waals surface area contributed by atoms with E-state index in [-0.39, 0.29) is 0 Å². The standard InChI is InChI=1S/C14H28N2O2/c1-17-10-12-4-6-16(7-5-12)14(9-15)13-3-2-8-18-11-13/h12-14H,2-11,15H2,1H3. The summed E-state index contributed by atoms with van der Waals surface area (Å²) in [5, 5.41) is 0. The van der Waals surface area contributed by atoms with Crippen LogP contribution >= 0.6 is 0 Å². The number of nitrogens with two attached hydrogens (primary N) is 1. The predicted octanol–water partition coefficient (Wildman–Crippen LogP) is 1.10. The molecule has 2 saturated heterocycles. The fraction of sp³-hybridized carbons (Fsp3) is 1.00. The van der Waals surface area contributed by atoms with Crippen LogP contribution in [0.1, 0.15) is 25.7 Å². The molecule has 0 aromatic carbocycles. The van der Waals surface area contributed by atoms with Gasteiger partial charge in [0.05, 0.1) is 6.61 Å². The van der Waals surface area contributed by atoms with Crippen LogP contribution in [0.5, 0.6) is 0 Å². The molecule has 2 N–H and O–H groups in total. The van der Waals surface area contributed by atoms with Gasteiger partial charge in [-0.3, -0.25) is 4.90 Å². The minimum Gasteiger partial charge on any atom is -0.384 e. The normalized spacial score (nSPS) is 29.3. The highest BCUT2D eigenvalue weighted by Gasteiger charge is 2.30. The maximum absolute atomic E-state index is 6.01. The van der Waals surface area contributed by atoms with Gasteiger partial charge in [-0.15, -0.1) is 0 Å². The fourth-order valence-corrected chi connectivity index (χ4v) is 3.40. The van der Waals surface area contributed by atoms with Crippen molar-refractivity contribution in [2.24, 2.45) is 17.6 Å². The van der Waals surface area contributed by atoms with Crippen LogP contribution in [0.3, 0.4) is 0 Å². The Balaban J connectivity index is 1.81. The van der Waals surface area contributed by atoms with Crippen molar-refractivity contribution in [2.75, 3.05) is 46.6 Å². The lowest BCUT2D eigenvalue weighted by Crippen LogP contribution is -2.51. The number of piperidine rings is 1. The summed E-state index contributed by atoms with van der Waals surface area (Å²) in [4.78, 5) is 2.59. The maximum atomic E-state index is 6.01. The van der Waals surface area contributed by atoms with Crippen molar-refractivity contribution in [3.63, 3.8) is 0 Å². The SMILES string of the molecule is COCC1CCN(C(CN)C2CCCOC2)CC1. The second-order valence-electron chi connectivity index (χ2n) is 5.71. The van der Waals surface area contributed by atoms with Crippen molar-refractivity contribution in [2.45, 2.75) is 31.7 Å². The summed E-state index contributed by atoms with van der Waals surface area (Å²) in [6, 6.07) is 0.522. The van der Waals surface area contributed by atoms with Gasteiger partial charge in [-0.2, -0.15) is 0 Å². The molecule has 0 amide bonds. The zero-order chi connectivity index (χ0) is 12.8. The molecule has 2 aliphatic heterocycles. The number of hydrogen-bond acceptors (Lipinski definition) is 4. The van der Waals surface area contributed by atoms with Crippen LogP contribution in [0.4, 0.5) is 0 Å². The molecular formula is C14H28N2O2. The monoisotopic (exact) mass is 256 g/mol. The minimum absolute atomic E-state index is 0.522. The number of ether oxygens (including phenoxy) is 2. The van der Waals surface area contributed by atoms with Crippen LogP contribution in [0.15, 0.2) is 0 Å². The number of likely N-dealkylation sites (tertiary alicyclic amines) is 1. The summed E-state index contributed by atoms with van der Waals surface area (Å²) in [7, 11) is 1.80. The summed E-state index contributed by atoms with van der Waals surface area (Å²) in [5.41, 5.74) is 6.01. The van der Waals surface area contributed by atoms with Gasteiger partial charge in [-0.05, 0) is 50.6 Å². The molecule has 2 unspecified atom stereocenters. The Hall–Kier alpha value is -0.160. The molecule has 2 heterocycles. The molecule has 2 atom stereocenters. The molecule has 106 valence electrons.